The summed E-state index contributed by atoms with van der Waals surface area (Å²) in [7, 11) is 0. The van der Waals surface area contributed by atoms with Gasteiger partial charge in [-0.3, -0.25) is 4.79 Å². The molecule has 3 amide bonds. The number of carbonyl (C=O) groups excluding carboxylic acids is 2. The largest absolute Gasteiger partial charge is 0.508 e. The molecule has 6 nitrogen and oxygen atoms in total. The number of benzene rings is 2. The van der Waals surface area contributed by atoms with Crippen molar-refractivity contribution in [1.82, 2.24) is 5.32 Å². The Balaban J connectivity index is 1.87. The van der Waals surface area contributed by atoms with Crippen molar-refractivity contribution in [3.63, 3.8) is 0 Å². The second-order valence-corrected chi connectivity index (χ2v) is 6.42. The number of aryl methyl sites for hydroxylation is 2. The Labute approximate surface area is 153 Å². The lowest BCUT2D eigenvalue weighted by Crippen LogP contribution is -2.36. The van der Waals surface area contributed by atoms with E-state index in [0.29, 0.717) is 11.4 Å². The summed E-state index contributed by atoms with van der Waals surface area (Å²) >= 11 is 0. The second kappa shape index (κ2) is 8.89. The minimum absolute atomic E-state index is 0.0114. The molecular formula is C20H25N3O3. The third-order valence-electron chi connectivity index (χ3n) is 3.99. The molecule has 2 rings (SSSR count). The fraction of sp³-hybridized carbons (Fsp3) is 0.300. The van der Waals surface area contributed by atoms with E-state index in [4.69, 9.17) is 0 Å². The van der Waals surface area contributed by atoms with E-state index in [1.54, 1.807) is 24.3 Å². The summed E-state index contributed by atoms with van der Waals surface area (Å²) < 4.78 is 0. The van der Waals surface area contributed by atoms with E-state index in [9.17, 15) is 14.7 Å². The van der Waals surface area contributed by atoms with Crippen LogP contribution in [-0.4, -0.2) is 23.1 Å². The molecule has 2 aromatic rings. The lowest BCUT2D eigenvalue weighted by Gasteiger charge is -2.16. The SMILES string of the molecule is CC(=O)Nc1ccc(C)c(NC(=O)NC(C)CCc2ccc(O)cc2)c1. The molecule has 0 aliphatic rings. The van der Waals surface area contributed by atoms with Crippen LogP contribution >= 0.6 is 0 Å². The van der Waals surface area contributed by atoms with Crippen LogP contribution in [0, 0.1) is 6.92 Å². The van der Waals surface area contributed by atoms with Crippen LogP contribution in [0.3, 0.4) is 0 Å². The number of amides is 3. The third kappa shape index (κ3) is 6.12. The van der Waals surface area contributed by atoms with E-state index in [2.05, 4.69) is 16.0 Å². The van der Waals surface area contributed by atoms with Crippen LogP contribution in [-0.2, 0) is 11.2 Å². The fourth-order valence-electron chi connectivity index (χ4n) is 2.54. The van der Waals surface area contributed by atoms with Crippen LogP contribution < -0.4 is 16.0 Å². The fourth-order valence-corrected chi connectivity index (χ4v) is 2.54. The molecule has 1 atom stereocenters. The van der Waals surface area contributed by atoms with Gasteiger partial charge in [-0.2, -0.15) is 0 Å². The van der Waals surface area contributed by atoms with Gasteiger partial charge >= 0.3 is 6.03 Å². The normalized spacial score (nSPS) is 11.5. The number of phenolic OH excluding ortho intramolecular Hbond substituents is 1. The summed E-state index contributed by atoms with van der Waals surface area (Å²) in [6.45, 7) is 5.28. The molecular weight excluding hydrogens is 330 g/mol. The molecule has 2 aromatic carbocycles. The van der Waals surface area contributed by atoms with Crippen LogP contribution in [0.2, 0.25) is 0 Å². The first kappa shape index (κ1) is 19.3. The number of phenols is 1. The van der Waals surface area contributed by atoms with Crippen molar-refractivity contribution in [1.29, 1.82) is 0 Å². The van der Waals surface area contributed by atoms with Crippen LogP contribution in [0.1, 0.15) is 31.4 Å². The molecule has 0 aromatic heterocycles. The standard InChI is InChI=1S/C20H25N3O3/c1-13-4-9-17(22-15(3)24)12-19(13)23-20(26)21-14(2)5-6-16-7-10-18(25)11-8-16/h4,7-12,14,25H,5-6H2,1-3H3,(H,22,24)(H2,21,23,26). The van der Waals surface area contributed by atoms with Gasteiger partial charge in [-0.25, -0.2) is 4.79 Å². The maximum Gasteiger partial charge on any atom is 0.319 e. The van der Waals surface area contributed by atoms with Crippen molar-refractivity contribution >= 4 is 23.3 Å². The van der Waals surface area contributed by atoms with Gasteiger partial charge in [0.25, 0.3) is 0 Å². The van der Waals surface area contributed by atoms with Gasteiger partial charge in [-0.15, -0.1) is 0 Å². The maximum absolute atomic E-state index is 12.2. The monoisotopic (exact) mass is 355 g/mol. The molecule has 138 valence electrons. The lowest BCUT2D eigenvalue weighted by molar-refractivity contribution is -0.114. The molecule has 0 saturated carbocycles. The van der Waals surface area contributed by atoms with E-state index in [-0.39, 0.29) is 23.7 Å². The quantitative estimate of drug-likeness (QED) is 0.635. The zero-order valence-electron chi connectivity index (χ0n) is 15.3. The molecule has 0 saturated heterocycles. The third-order valence-corrected chi connectivity index (χ3v) is 3.99. The van der Waals surface area contributed by atoms with Gasteiger partial charge in [0.15, 0.2) is 0 Å². The zero-order chi connectivity index (χ0) is 19.1. The smallest absolute Gasteiger partial charge is 0.319 e. The van der Waals surface area contributed by atoms with Crippen LogP contribution in [0.15, 0.2) is 42.5 Å². The lowest BCUT2D eigenvalue weighted by atomic mass is 10.1. The molecule has 0 aliphatic carbocycles. The minimum atomic E-state index is -0.286. The molecule has 0 bridgehead atoms. The molecule has 0 radical (unpaired) electrons. The van der Waals surface area contributed by atoms with Crippen molar-refractivity contribution < 1.29 is 14.7 Å². The molecule has 0 fully saturated rings. The summed E-state index contributed by atoms with van der Waals surface area (Å²) in [5.74, 6) is 0.0864. The van der Waals surface area contributed by atoms with E-state index in [1.165, 1.54) is 6.92 Å². The number of nitrogens with one attached hydrogen (secondary N) is 3. The van der Waals surface area contributed by atoms with E-state index >= 15 is 0 Å². The Morgan fingerprint density at radius 2 is 1.77 bits per heavy atom. The Hall–Kier alpha value is -3.02. The molecule has 1 unspecified atom stereocenters. The predicted octanol–water partition coefficient (Wildman–Crippen LogP) is 3.80. The van der Waals surface area contributed by atoms with Crippen molar-refractivity contribution in [2.24, 2.45) is 0 Å². The number of urea groups is 1. The summed E-state index contributed by atoms with van der Waals surface area (Å²) in [6, 6.07) is 12.1. The highest BCUT2D eigenvalue weighted by molar-refractivity contribution is 5.93. The summed E-state index contributed by atoms with van der Waals surface area (Å²) in [5, 5.41) is 17.7. The van der Waals surface area contributed by atoms with Crippen LogP contribution in [0.5, 0.6) is 5.75 Å². The number of aromatic hydroxyl groups is 1. The van der Waals surface area contributed by atoms with Gasteiger partial charge in [0.05, 0.1) is 0 Å². The maximum atomic E-state index is 12.2. The highest BCUT2D eigenvalue weighted by atomic mass is 16.3. The molecule has 6 heteroatoms. The Morgan fingerprint density at radius 3 is 2.42 bits per heavy atom. The minimum Gasteiger partial charge on any atom is -0.508 e. The molecule has 4 N–H and O–H groups in total. The van der Waals surface area contributed by atoms with E-state index in [1.807, 2.05) is 32.0 Å². The highest BCUT2D eigenvalue weighted by Crippen LogP contribution is 2.20. The zero-order valence-corrected chi connectivity index (χ0v) is 15.3. The topological polar surface area (TPSA) is 90.5 Å². The Kier molecular flexibility index (Phi) is 6.60. The highest BCUT2D eigenvalue weighted by Gasteiger charge is 2.10. The van der Waals surface area contributed by atoms with Crippen LogP contribution in [0.4, 0.5) is 16.2 Å². The van der Waals surface area contributed by atoms with Crippen LogP contribution in [0.25, 0.3) is 0 Å². The van der Waals surface area contributed by atoms with Crippen molar-refractivity contribution in [3.8, 4) is 5.75 Å². The number of carbonyl (C=O) groups is 2. The van der Waals surface area contributed by atoms with E-state index < -0.39 is 0 Å². The molecule has 26 heavy (non-hydrogen) atoms. The van der Waals surface area contributed by atoms with E-state index in [0.717, 1.165) is 24.0 Å². The molecule has 0 spiro atoms. The first-order chi connectivity index (χ1) is 12.3. The molecule has 0 aliphatic heterocycles. The average Bonchev–Trinajstić information content (AvgIpc) is 2.57. The predicted molar refractivity (Wildman–Crippen MR) is 104 cm³/mol. The van der Waals surface area contributed by atoms with Gasteiger partial charge in [-0.1, -0.05) is 18.2 Å². The van der Waals surface area contributed by atoms with Gasteiger partial charge in [-0.05, 0) is 62.1 Å². The molecule has 0 heterocycles. The number of hydrogen-bond donors (Lipinski definition) is 4. The Bertz CT molecular complexity index is 772. The second-order valence-electron chi connectivity index (χ2n) is 6.42. The van der Waals surface area contributed by atoms with Gasteiger partial charge in [0, 0.05) is 24.3 Å². The van der Waals surface area contributed by atoms with Gasteiger partial charge in [0.1, 0.15) is 5.75 Å². The van der Waals surface area contributed by atoms with Crippen molar-refractivity contribution in [2.75, 3.05) is 10.6 Å². The van der Waals surface area contributed by atoms with Crippen molar-refractivity contribution in [3.05, 3.63) is 53.6 Å². The number of anilines is 2. The summed E-state index contributed by atoms with van der Waals surface area (Å²) in [4.78, 5) is 23.4. The average molecular weight is 355 g/mol. The first-order valence-electron chi connectivity index (χ1n) is 8.57. The summed E-state index contributed by atoms with van der Waals surface area (Å²) in [6.07, 6.45) is 1.59. The van der Waals surface area contributed by atoms with Gasteiger partial charge < -0.3 is 21.1 Å². The number of rotatable bonds is 6. The summed E-state index contributed by atoms with van der Waals surface area (Å²) in [5.41, 5.74) is 3.31. The van der Waals surface area contributed by atoms with Crippen molar-refractivity contribution in [2.45, 2.75) is 39.7 Å². The van der Waals surface area contributed by atoms with Gasteiger partial charge in [0.2, 0.25) is 5.91 Å². The number of hydrogen-bond acceptors (Lipinski definition) is 3. The Morgan fingerprint density at radius 1 is 1.08 bits per heavy atom. The first-order valence-corrected chi connectivity index (χ1v) is 8.57.